The van der Waals surface area contributed by atoms with E-state index in [1.165, 1.54) is 0 Å². The number of aliphatic hydroxyl groups excluding tert-OH is 1. The predicted molar refractivity (Wildman–Crippen MR) is 63.5 cm³/mol. The standard InChI is InChI=1S/C12H16F3N3O/c13-12(14,15)10-5-6-16-11(18-10)17-9-4-2-1-3-8(9)7-19/h5-6,8-9,19H,1-4,7H2,(H,16,17,18)/t8-,9-/m0/s1. The minimum Gasteiger partial charge on any atom is -0.396 e. The molecule has 0 radical (unpaired) electrons. The quantitative estimate of drug-likeness (QED) is 0.889. The molecule has 0 spiro atoms. The van der Waals surface area contributed by atoms with E-state index >= 15 is 0 Å². The zero-order valence-electron chi connectivity index (χ0n) is 10.3. The van der Waals surface area contributed by atoms with Gasteiger partial charge in [-0.05, 0) is 18.9 Å². The molecule has 0 aliphatic heterocycles. The van der Waals surface area contributed by atoms with E-state index in [4.69, 9.17) is 0 Å². The van der Waals surface area contributed by atoms with Gasteiger partial charge in [-0.25, -0.2) is 9.97 Å². The van der Waals surface area contributed by atoms with E-state index in [1.54, 1.807) is 0 Å². The lowest BCUT2D eigenvalue weighted by molar-refractivity contribution is -0.141. The fourth-order valence-corrected chi connectivity index (χ4v) is 2.37. The molecule has 0 aromatic carbocycles. The maximum Gasteiger partial charge on any atom is 0.433 e. The Kier molecular flexibility index (Phi) is 4.24. The van der Waals surface area contributed by atoms with Crippen LogP contribution in [0.2, 0.25) is 0 Å². The van der Waals surface area contributed by atoms with Gasteiger partial charge in [-0.3, -0.25) is 0 Å². The number of aromatic nitrogens is 2. The van der Waals surface area contributed by atoms with E-state index in [1.807, 2.05) is 0 Å². The van der Waals surface area contributed by atoms with Gasteiger partial charge in [0.2, 0.25) is 5.95 Å². The predicted octanol–water partition coefficient (Wildman–Crippen LogP) is 2.46. The number of hydrogen-bond donors (Lipinski definition) is 2. The summed E-state index contributed by atoms with van der Waals surface area (Å²) in [5, 5.41) is 12.2. The first-order valence-corrected chi connectivity index (χ1v) is 6.28. The second-order valence-corrected chi connectivity index (χ2v) is 4.74. The molecule has 1 aromatic heterocycles. The number of rotatable bonds is 3. The van der Waals surface area contributed by atoms with E-state index < -0.39 is 11.9 Å². The summed E-state index contributed by atoms with van der Waals surface area (Å²) in [7, 11) is 0. The van der Waals surface area contributed by atoms with Crippen LogP contribution in [-0.2, 0) is 6.18 Å². The van der Waals surface area contributed by atoms with Gasteiger partial charge in [-0.2, -0.15) is 13.2 Å². The van der Waals surface area contributed by atoms with E-state index in [0.717, 1.165) is 37.9 Å². The summed E-state index contributed by atoms with van der Waals surface area (Å²) >= 11 is 0. The molecule has 1 saturated carbocycles. The molecule has 2 atom stereocenters. The molecule has 0 amide bonds. The third kappa shape index (κ3) is 3.56. The van der Waals surface area contributed by atoms with E-state index in [9.17, 15) is 18.3 Å². The summed E-state index contributed by atoms with van der Waals surface area (Å²) in [6, 6.07) is 0.775. The number of nitrogens with zero attached hydrogens (tertiary/aromatic N) is 2. The molecule has 0 saturated heterocycles. The molecule has 0 bridgehead atoms. The number of halogens is 3. The van der Waals surface area contributed by atoms with Crippen molar-refractivity contribution in [2.75, 3.05) is 11.9 Å². The average Bonchev–Trinajstić information content (AvgIpc) is 2.39. The molecule has 1 aliphatic rings. The Morgan fingerprint density at radius 2 is 2.05 bits per heavy atom. The highest BCUT2D eigenvalue weighted by Crippen LogP contribution is 2.29. The van der Waals surface area contributed by atoms with Crippen molar-refractivity contribution in [2.45, 2.75) is 37.9 Å². The van der Waals surface area contributed by atoms with Gasteiger partial charge >= 0.3 is 6.18 Å². The largest absolute Gasteiger partial charge is 0.433 e. The first-order chi connectivity index (χ1) is 9.00. The van der Waals surface area contributed by atoms with Crippen molar-refractivity contribution in [2.24, 2.45) is 5.92 Å². The Balaban J connectivity index is 2.10. The van der Waals surface area contributed by atoms with Crippen LogP contribution < -0.4 is 5.32 Å². The minimum atomic E-state index is -4.47. The summed E-state index contributed by atoms with van der Waals surface area (Å²) in [5.41, 5.74) is -0.957. The van der Waals surface area contributed by atoms with Crippen molar-refractivity contribution < 1.29 is 18.3 Å². The van der Waals surface area contributed by atoms with Gasteiger partial charge < -0.3 is 10.4 Å². The smallest absolute Gasteiger partial charge is 0.396 e. The second kappa shape index (κ2) is 5.73. The number of aliphatic hydroxyl groups is 1. The molecule has 2 N–H and O–H groups in total. The van der Waals surface area contributed by atoms with Crippen LogP contribution in [0, 0.1) is 5.92 Å². The SMILES string of the molecule is OC[C@@H]1CCCC[C@@H]1Nc1nccc(C(F)(F)F)n1. The summed E-state index contributed by atoms with van der Waals surface area (Å²) < 4.78 is 37.6. The third-order valence-corrected chi connectivity index (χ3v) is 3.40. The first kappa shape index (κ1) is 14.0. The Morgan fingerprint density at radius 1 is 1.32 bits per heavy atom. The topological polar surface area (TPSA) is 58.0 Å². The van der Waals surface area contributed by atoms with Crippen molar-refractivity contribution in [1.82, 2.24) is 9.97 Å². The highest BCUT2D eigenvalue weighted by Gasteiger charge is 2.33. The molecule has 4 nitrogen and oxygen atoms in total. The van der Waals surface area contributed by atoms with Crippen LogP contribution in [0.3, 0.4) is 0 Å². The van der Waals surface area contributed by atoms with Gasteiger partial charge in [-0.1, -0.05) is 12.8 Å². The molecule has 106 valence electrons. The summed E-state index contributed by atoms with van der Waals surface area (Å²) in [6.07, 6.45) is 0.329. The molecule has 1 heterocycles. The average molecular weight is 275 g/mol. The number of hydrogen-bond acceptors (Lipinski definition) is 4. The van der Waals surface area contributed by atoms with Gasteiger partial charge in [0.1, 0.15) is 5.69 Å². The zero-order chi connectivity index (χ0) is 13.9. The Labute approximate surface area is 109 Å². The van der Waals surface area contributed by atoms with Crippen molar-refractivity contribution in [3.8, 4) is 0 Å². The normalized spacial score (nSPS) is 24.2. The third-order valence-electron chi connectivity index (χ3n) is 3.40. The van der Waals surface area contributed by atoms with Crippen molar-refractivity contribution >= 4 is 5.95 Å². The first-order valence-electron chi connectivity index (χ1n) is 6.28. The second-order valence-electron chi connectivity index (χ2n) is 4.74. The monoisotopic (exact) mass is 275 g/mol. The maximum atomic E-state index is 12.5. The summed E-state index contributed by atoms with van der Waals surface area (Å²) in [5.74, 6) is 0.0204. The van der Waals surface area contributed by atoms with E-state index in [-0.39, 0.29) is 24.5 Å². The van der Waals surface area contributed by atoms with Crippen molar-refractivity contribution in [3.05, 3.63) is 18.0 Å². The molecule has 2 rings (SSSR count). The number of alkyl halides is 3. The molecular weight excluding hydrogens is 259 g/mol. The fraction of sp³-hybridized carbons (Fsp3) is 0.667. The zero-order valence-corrected chi connectivity index (χ0v) is 10.3. The lowest BCUT2D eigenvalue weighted by Crippen LogP contribution is -2.35. The number of anilines is 1. The molecule has 0 unspecified atom stereocenters. The molecular formula is C12H16F3N3O. The minimum absolute atomic E-state index is 0.0244. The van der Waals surface area contributed by atoms with E-state index in [2.05, 4.69) is 15.3 Å². The Morgan fingerprint density at radius 3 is 2.74 bits per heavy atom. The van der Waals surface area contributed by atoms with Gasteiger partial charge in [0.15, 0.2) is 0 Å². The molecule has 1 aromatic rings. The van der Waals surface area contributed by atoms with Gasteiger partial charge in [0.25, 0.3) is 0 Å². The van der Waals surface area contributed by atoms with Gasteiger partial charge in [0, 0.05) is 24.8 Å². The summed E-state index contributed by atoms with van der Waals surface area (Å²) in [4.78, 5) is 7.29. The lowest BCUT2D eigenvalue weighted by atomic mass is 9.85. The van der Waals surface area contributed by atoms with Crippen LogP contribution in [0.25, 0.3) is 0 Å². The molecule has 1 aliphatic carbocycles. The van der Waals surface area contributed by atoms with Crippen LogP contribution in [0.4, 0.5) is 19.1 Å². The van der Waals surface area contributed by atoms with Crippen LogP contribution in [0.1, 0.15) is 31.4 Å². The summed E-state index contributed by atoms with van der Waals surface area (Å²) in [6.45, 7) is 0.0244. The highest BCUT2D eigenvalue weighted by atomic mass is 19.4. The van der Waals surface area contributed by atoms with Crippen LogP contribution in [0.5, 0.6) is 0 Å². The van der Waals surface area contributed by atoms with Crippen LogP contribution in [0.15, 0.2) is 12.3 Å². The Hall–Kier alpha value is -1.37. The van der Waals surface area contributed by atoms with E-state index in [0.29, 0.717) is 0 Å². The van der Waals surface area contributed by atoms with Crippen molar-refractivity contribution in [1.29, 1.82) is 0 Å². The van der Waals surface area contributed by atoms with Crippen LogP contribution in [-0.4, -0.2) is 27.7 Å². The molecule has 7 heteroatoms. The lowest BCUT2D eigenvalue weighted by Gasteiger charge is -2.30. The van der Waals surface area contributed by atoms with Gasteiger partial charge in [-0.15, -0.1) is 0 Å². The number of nitrogens with one attached hydrogen (secondary N) is 1. The highest BCUT2D eigenvalue weighted by molar-refractivity contribution is 5.28. The molecule has 1 fully saturated rings. The van der Waals surface area contributed by atoms with Gasteiger partial charge in [0.05, 0.1) is 0 Å². The Bertz CT molecular complexity index is 425. The molecule has 19 heavy (non-hydrogen) atoms. The van der Waals surface area contributed by atoms with Crippen molar-refractivity contribution in [3.63, 3.8) is 0 Å². The van der Waals surface area contributed by atoms with Crippen LogP contribution >= 0.6 is 0 Å². The maximum absolute atomic E-state index is 12.5. The fourth-order valence-electron chi connectivity index (χ4n) is 2.37.